The molecule has 0 aliphatic rings. The molecule has 0 saturated carbocycles. The zero-order chi connectivity index (χ0) is 17.3. The van der Waals surface area contributed by atoms with Crippen molar-refractivity contribution in [2.75, 3.05) is 6.61 Å². The molecule has 3 aromatic rings. The molecule has 0 bridgehead atoms. The summed E-state index contributed by atoms with van der Waals surface area (Å²) < 4.78 is 7.08. The minimum atomic E-state index is -0.480. The molecule has 3 rings (SSSR count). The molecule has 6 nitrogen and oxygen atoms in total. The van der Waals surface area contributed by atoms with Crippen LogP contribution in [0.1, 0.15) is 39.7 Å². The molecule has 0 amide bonds. The van der Waals surface area contributed by atoms with Crippen molar-refractivity contribution in [3.8, 4) is 0 Å². The van der Waals surface area contributed by atoms with Crippen molar-refractivity contribution >= 4 is 33.3 Å². The highest BCUT2D eigenvalue weighted by Gasteiger charge is 2.19. The lowest BCUT2D eigenvalue weighted by Crippen LogP contribution is -2.13. The van der Waals surface area contributed by atoms with Crippen molar-refractivity contribution in [2.24, 2.45) is 5.92 Å². The number of hydrogen-bond donors (Lipinski definition) is 1. The Morgan fingerprint density at radius 2 is 2.21 bits per heavy atom. The number of ether oxygens (including phenoxy) is 1. The second-order valence-corrected chi connectivity index (χ2v) is 7.10. The number of carbonyl (C=O) groups is 2. The van der Waals surface area contributed by atoms with E-state index in [0.29, 0.717) is 16.5 Å². The molecule has 3 aromatic heterocycles. The van der Waals surface area contributed by atoms with Crippen molar-refractivity contribution in [3.05, 3.63) is 40.7 Å². The monoisotopic (exact) mass is 345 g/mol. The van der Waals surface area contributed by atoms with Crippen LogP contribution in [-0.4, -0.2) is 33.1 Å². The predicted molar refractivity (Wildman–Crippen MR) is 92.6 cm³/mol. The van der Waals surface area contributed by atoms with Crippen LogP contribution in [0.2, 0.25) is 0 Å². The second-order valence-electron chi connectivity index (χ2n) is 6.07. The zero-order valence-electron chi connectivity index (χ0n) is 13.8. The van der Waals surface area contributed by atoms with E-state index >= 15 is 0 Å². The van der Waals surface area contributed by atoms with Gasteiger partial charge in [0, 0.05) is 18.1 Å². The van der Waals surface area contributed by atoms with Crippen LogP contribution < -0.4 is 0 Å². The van der Waals surface area contributed by atoms with Crippen LogP contribution in [0, 0.1) is 12.8 Å². The predicted octanol–water partition coefficient (Wildman–Crippen LogP) is 3.43. The quantitative estimate of drug-likeness (QED) is 0.548. The second kappa shape index (κ2) is 6.60. The molecule has 0 aliphatic heterocycles. The molecule has 3 heterocycles. The van der Waals surface area contributed by atoms with E-state index in [9.17, 15) is 9.59 Å². The number of H-pyrrole nitrogens is 1. The number of aryl methyl sites for hydroxylation is 1. The lowest BCUT2D eigenvalue weighted by Gasteiger charge is -2.05. The third-order valence-electron chi connectivity index (χ3n) is 3.58. The molecule has 0 unspecified atom stereocenters. The number of ketones is 1. The summed E-state index contributed by atoms with van der Waals surface area (Å²) in [7, 11) is 0. The highest BCUT2D eigenvalue weighted by atomic mass is 32.1. The lowest BCUT2D eigenvalue weighted by atomic mass is 10.2. The summed E-state index contributed by atoms with van der Waals surface area (Å²) in [6.45, 7) is 6.70. The van der Waals surface area contributed by atoms with Crippen LogP contribution in [0.15, 0.2) is 24.4 Å². The average Bonchev–Trinajstić information content (AvgIpc) is 3.23. The Labute approximate surface area is 143 Å². The Bertz CT molecular complexity index is 875. The Kier molecular flexibility index (Phi) is 4.53. The molecule has 0 saturated heterocycles. The van der Waals surface area contributed by atoms with Crippen molar-refractivity contribution < 1.29 is 14.3 Å². The molecule has 0 radical (unpaired) electrons. The normalized spacial score (nSPS) is 11.3. The molecular weight excluding hydrogens is 326 g/mol. The minimum absolute atomic E-state index is 0.253. The van der Waals surface area contributed by atoms with Gasteiger partial charge in [-0.05, 0) is 31.0 Å². The van der Waals surface area contributed by atoms with Crippen LogP contribution in [0.4, 0.5) is 0 Å². The summed E-state index contributed by atoms with van der Waals surface area (Å²) >= 11 is 1.35. The molecule has 0 atom stereocenters. The number of nitrogens with one attached hydrogen (secondary N) is 1. The van der Waals surface area contributed by atoms with Gasteiger partial charge in [-0.15, -0.1) is 11.3 Å². The summed E-state index contributed by atoms with van der Waals surface area (Å²) in [5.74, 6) is -0.272. The van der Waals surface area contributed by atoms with Crippen molar-refractivity contribution in [2.45, 2.75) is 27.3 Å². The number of aromatic amines is 1. The number of hydrogen-bond acceptors (Lipinski definition) is 5. The standard InChI is InChI=1S/C17H19N3O3S/c1-10(2)8-20-16-12(11(3)19-20)7-15(24-16)17(22)23-9-14(21)13-5-4-6-18-13/h4-7,10,18H,8-9H2,1-3H3. The molecule has 1 N–H and O–H groups in total. The van der Waals surface area contributed by atoms with Crippen LogP contribution in [0.25, 0.3) is 10.2 Å². The Balaban J connectivity index is 1.74. The van der Waals surface area contributed by atoms with E-state index < -0.39 is 5.97 Å². The molecule has 0 aliphatic carbocycles. The molecular formula is C17H19N3O3S. The SMILES string of the molecule is Cc1nn(CC(C)C)c2sc(C(=O)OCC(=O)c3ccc[nH]3)cc12. The van der Waals surface area contributed by atoms with Gasteiger partial charge in [-0.2, -0.15) is 5.10 Å². The van der Waals surface area contributed by atoms with Gasteiger partial charge >= 0.3 is 5.97 Å². The Morgan fingerprint density at radius 1 is 1.42 bits per heavy atom. The fourth-order valence-corrected chi connectivity index (χ4v) is 3.53. The first kappa shape index (κ1) is 16.4. The molecule has 0 spiro atoms. The largest absolute Gasteiger partial charge is 0.453 e. The minimum Gasteiger partial charge on any atom is -0.453 e. The number of aromatic nitrogens is 3. The third kappa shape index (κ3) is 3.26. The maximum atomic E-state index is 12.2. The van der Waals surface area contributed by atoms with Gasteiger partial charge in [-0.1, -0.05) is 13.8 Å². The Hall–Kier alpha value is -2.41. The number of Topliss-reactive ketones (excluding diaryl/α,β-unsaturated/α-hetero) is 1. The number of nitrogens with zero attached hydrogens (tertiary/aromatic N) is 2. The first-order chi connectivity index (χ1) is 11.5. The highest BCUT2D eigenvalue weighted by molar-refractivity contribution is 7.20. The molecule has 24 heavy (non-hydrogen) atoms. The van der Waals surface area contributed by atoms with Gasteiger partial charge in [0.05, 0.1) is 11.4 Å². The average molecular weight is 345 g/mol. The van der Waals surface area contributed by atoms with Gasteiger partial charge in [0.15, 0.2) is 6.61 Å². The summed E-state index contributed by atoms with van der Waals surface area (Å²) in [5, 5.41) is 5.48. The number of rotatable bonds is 6. The van der Waals surface area contributed by atoms with Crippen LogP contribution in [0.5, 0.6) is 0 Å². The lowest BCUT2D eigenvalue weighted by molar-refractivity contribution is 0.0478. The van der Waals surface area contributed by atoms with E-state index in [1.165, 1.54) is 11.3 Å². The third-order valence-corrected chi connectivity index (χ3v) is 4.71. The van der Waals surface area contributed by atoms with Crippen molar-refractivity contribution in [3.63, 3.8) is 0 Å². The van der Waals surface area contributed by atoms with E-state index in [4.69, 9.17) is 4.74 Å². The molecule has 7 heteroatoms. The topological polar surface area (TPSA) is 77.0 Å². The van der Waals surface area contributed by atoms with E-state index in [1.807, 2.05) is 11.6 Å². The van der Waals surface area contributed by atoms with Gasteiger partial charge in [0.2, 0.25) is 5.78 Å². The molecule has 0 aromatic carbocycles. The maximum absolute atomic E-state index is 12.2. The van der Waals surface area contributed by atoms with Gasteiger partial charge in [0.1, 0.15) is 9.71 Å². The molecule has 126 valence electrons. The Morgan fingerprint density at radius 3 is 2.88 bits per heavy atom. The fourth-order valence-electron chi connectivity index (χ4n) is 2.47. The number of thiophene rings is 1. The molecule has 0 fully saturated rings. The van der Waals surface area contributed by atoms with Gasteiger partial charge in [-0.3, -0.25) is 9.48 Å². The maximum Gasteiger partial charge on any atom is 0.348 e. The highest BCUT2D eigenvalue weighted by Crippen LogP contribution is 2.29. The first-order valence-corrected chi connectivity index (χ1v) is 8.58. The van der Waals surface area contributed by atoms with Gasteiger partial charge in [-0.25, -0.2) is 4.79 Å². The van der Waals surface area contributed by atoms with Crippen molar-refractivity contribution in [1.29, 1.82) is 0 Å². The van der Waals surface area contributed by atoms with Crippen LogP contribution in [-0.2, 0) is 11.3 Å². The number of fused-ring (bicyclic) bond motifs is 1. The summed E-state index contributed by atoms with van der Waals surface area (Å²) in [6, 6.07) is 5.17. The van der Waals surface area contributed by atoms with Crippen LogP contribution >= 0.6 is 11.3 Å². The number of carbonyl (C=O) groups excluding carboxylic acids is 2. The van der Waals surface area contributed by atoms with E-state index in [1.54, 1.807) is 24.4 Å². The number of esters is 1. The van der Waals surface area contributed by atoms with E-state index in [2.05, 4.69) is 23.9 Å². The van der Waals surface area contributed by atoms with Gasteiger partial charge in [0.25, 0.3) is 0 Å². The summed E-state index contributed by atoms with van der Waals surface area (Å²) in [6.07, 6.45) is 1.66. The smallest absolute Gasteiger partial charge is 0.348 e. The van der Waals surface area contributed by atoms with Crippen molar-refractivity contribution in [1.82, 2.24) is 14.8 Å². The van der Waals surface area contributed by atoms with E-state index in [-0.39, 0.29) is 12.4 Å². The summed E-state index contributed by atoms with van der Waals surface area (Å²) in [5.41, 5.74) is 1.32. The van der Waals surface area contributed by atoms with Gasteiger partial charge < -0.3 is 9.72 Å². The summed E-state index contributed by atoms with van der Waals surface area (Å²) in [4.78, 5) is 28.4. The van der Waals surface area contributed by atoms with E-state index in [0.717, 1.165) is 22.5 Å². The first-order valence-electron chi connectivity index (χ1n) is 7.76. The zero-order valence-corrected chi connectivity index (χ0v) is 14.6. The fraction of sp³-hybridized carbons (Fsp3) is 0.353. The van der Waals surface area contributed by atoms with Crippen LogP contribution in [0.3, 0.4) is 0 Å².